The number of carbonyl (C=O) groups excluding carboxylic acids is 2. The molecule has 5 nitrogen and oxygen atoms in total. The number of hydrogen-bond donors (Lipinski definition) is 2. The van der Waals surface area contributed by atoms with Crippen molar-refractivity contribution in [2.75, 3.05) is 5.32 Å². The summed E-state index contributed by atoms with van der Waals surface area (Å²) in [7, 11) is 0. The van der Waals surface area contributed by atoms with Gasteiger partial charge in [0.1, 0.15) is 5.75 Å². The zero-order valence-corrected chi connectivity index (χ0v) is 12.6. The van der Waals surface area contributed by atoms with Gasteiger partial charge in [-0.1, -0.05) is 17.7 Å². The maximum Gasteiger partial charge on any atom is 0.573 e. The van der Waals surface area contributed by atoms with Gasteiger partial charge in [-0.05, 0) is 36.4 Å². The first kappa shape index (κ1) is 17.6. The van der Waals surface area contributed by atoms with Crippen LogP contribution < -0.4 is 15.8 Å². The van der Waals surface area contributed by atoms with Crippen LogP contribution in [0.2, 0.25) is 5.02 Å². The number of carbonyl (C=O) groups is 2. The Morgan fingerprint density at radius 3 is 2.17 bits per heavy atom. The monoisotopic (exact) mass is 358 g/mol. The smallest absolute Gasteiger partial charge is 0.406 e. The van der Waals surface area contributed by atoms with Gasteiger partial charge >= 0.3 is 6.36 Å². The third-order valence-electron chi connectivity index (χ3n) is 2.85. The van der Waals surface area contributed by atoms with Crippen molar-refractivity contribution in [3.8, 4) is 5.75 Å². The fourth-order valence-corrected chi connectivity index (χ4v) is 2.14. The average molecular weight is 359 g/mol. The molecule has 0 spiro atoms. The van der Waals surface area contributed by atoms with E-state index >= 15 is 0 Å². The molecule has 0 fully saturated rings. The molecule has 2 rings (SSSR count). The molecule has 2 aromatic rings. The highest BCUT2D eigenvalue weighted by Gasteiger charge is 2.31. The lowest BCUT2D eigenvalue weighted by Crippen LogP contribution is -2.17. The van der Waals surface area contributed by atoms with E-state index in [2.05, 4.69) is 10.1 Å². The largest absolute Gasteiger partial charge is 0.573 e. The highest BCUT2D eigenvalue weighted by Crippen LogP contribution is 2.25. The van der Waals surface area contributed by atoms with Gasteiger partial charge in [-0.3, -0.25) is 9.59 Å². The molecular weight excluding hydrogens is 349 g/mol. The van der Waals surface area contributed by atoms with E-state index in [9.17, 15) is 22.8 Å². The Kier molecular flexibility index (Phi) is 4.99. The first-order valence-electron chi connectivity index (χ1n) is 6.43. The van der Waals surface area contributed by atoms with Gasteiger partial charge in [0.05, 0.1) is 16.1 Å². The number of hydrogen-bond acceptors (Lipinski definition) is 3. The number of halogens is 4. The van der Waals surface area contributed by atoms with E-state index in [1.165, 1.54) is 30.3 Å². The number of nitrogens with two attached hydrogens (primary N) is 1. The maximum atomic E-state index is 12.2. The number of alkyl halides is 3. The lowest BCUT2D eigenvalue weighted by atomic mass is 10.1. The zero-order chi connectivity index (χ0) is 17.9. The summed E-state index contributed by atoms with van der Waals surface area (Å²) in [6, 6.07) is 8.72. The third-order valence-corrected chi connectivity index (χ3v) is 3.26. The molecule has 0 radical (unpaired) electrons. The lowest BCUT2D eigenvalue weighted by molar-refractivity contribution is -0.274. The van der Waals surface area contributed by atoms with Crippen LogP contribution in [-0.2, 0) is 0 Å². The van der Waals surface area contributed by atoms with Crippen LogP contribution >= 0.6 is 11.6 Å². The molecular formula is C15H10ClF3N2O3. The van der Waals surface area contributed by atoms with E-state index in [1.807, 2.05) is 0 Å². The number of nitrogens with one attached hydrogen (secondary N) is 1. The van der Waals surface area contributed by atoms with E-state index in [4.69, 9.17) is 17.3 Å². The minimum Gasteiger partial charge on any atom is -0.406 e. The Morgan fingerprint density at radius 2 is 1.62 bits per heavy atom. The lowest BCUT2D eigenvalue weighted by Gasteiger charge is -2.11. The minimum atomic E-state index is -4.80. The highest BCUT2D eigenvalue weighted by molar-refractivity contribution is 6.37. The van der Waals surface area contributed by atoms with Crippen LogP contribution in [0.4, 0.5) is 18.9 Å². The van der Waals surface area contributed by atoms with Gasteiger partial charge in [-0.25, -0.2) is 0 Å². The third kappa shape index (κ3) is 4.39. The van der Waals surface area contributed by atoms with Crippen LogP contribution in [0.3, 0.4) is 0 Å². The summed E-state index contributed by atoms with van der Waals surface area (Å²) in [5.74, 6) is -1.86. The Balaban J connectivity index is 2.16. The van der Waals surface area contributed by atoms with E-state index in [1.54, 1.807) is 0 Å². The summed E-state index contributed by atoms with van der Waals surface area (Å²) in [5.41, 5.74) is 5.35. The van der Waals surface area contributed by atoms with Crippen molar-refractivity contribution < 1.29 is 27.5 Å². The average Bonchev–Trinajstić information content (AvgIpc) is 2.47. The van der Waals surface area contributed by atoms with Crippen LogP contribution in [0.5, 0.6) is 5.75 Å². The number of ether oxygens (including phenoxy) is 1. The molecule has 126 valence electrons. The van der Waals surface area contributed by atoms with Crippen molar-refractivity contribution in [1.29, 1.82) is 0 Å². The van der Waals surface area contributed by atoms with E-state index < -0.39 is 23.9 Å². The van der Waals surface area contributed by atoms with Crippen molar-refractivity contribution in [3.05, 3.63) is 58.6 Å². The number of benzene rings is 2. The first-order valence-corrected chi connectivity index (χ1v) is 6.80. The van der Waals surface area contributed by atoms with Gasteiger partial charge in [0.2, 0.25) is 5.91 Å². The second-order valence-corrected chi connectivity index (χ2v) is 4.94. The van der Waals surface area contributed by atoms with E-state index in [-0.39, 0.29) is 21.8 Å². The molecule has 2 aromatic carbocycles. The predicted octanol–water partition coefficient (Wildman–Crippen LogP) is 3.59. The van der Waals surface area contributed by atoms with Crippen LogP contribution in [0.25, 0.3) is 0 Å². The maximum absolute atomic E-state index is 12.2. The number of primary amides is 1. The summed E-state index contributed by atoms with van der Waals surface area (Å²) >= 11 is 5.96. The van der Waals surface area contributed by atoms with Gasteiger partial charge in [-0.2, -0.15) is 0 Å². The van der Waals surface area contributed by atoms with Gasteiger partial charge in [-0.15, -0.1) is 13.2 Å². The molecule has 0 saturated heterocycles. The zero-order valence-electron chi connectivity index (χ0n) is 11.9. The first-order chi connectivity index (χ1) is 11.2. The van der Waals surface area contributed by atoms with Crippen LogP contribution in [0.1, 0.15) is 20.7 Å². The number of amides is 2. The Hall–Kier alpha value is -2.74. The molecule has 0 saturated carbocycles. The molecule has 0 aromatic heterocycles. The quantitative estimate of drug-likeness (QED) is 0.876. The summed E-state index contributed by atoms with van der Waals surface area (Å²) in [4.78, 5) is 23.4. The Morgan fingerprint density at radius 1 is 1.04 bits per heavy atom. The second kappa shape index (κ2) is 6.79. The molecule has 0 bridgehead atoms. The molecule has 0 aliphatic carbocycles. The van der Waals surface area contributed by atoms with Crippen molar-refractivity contribution in [2.45, 2.75) is 6.36 Å². The van der Waals surface area contributed by atoms with Crippen molar-refractivity contribution in [3.63, 3.8) is 0 Å². The Labute approximate surface area is 139 Å². The van der Waals surface area contributed by atoms with Gasteiger partial charge in [0.15, 0.2) is 0 Å². The standard InChI is InChI=1S/C15H10ClF3N2O3/c16-12-10(13(20)22)2-1-3-11(12)14(23)21-8-4-6-9(7-5-8)24-15(17,18)19/h1-7H,(H2,20,22)(H,21,23). The topological polar surface area (TPSA) is 81.4 Å². The summed E-state index contributed by atoms with van der Waals surface area (Å²) in [6.45, 7) is 0. The fraction of sp³-hybridized carbons (Fsp3) is 0.0667. The number of rotatable bonds is 4. The summed E-state index contributed by atoms with van der Waals surface area (Å²) in [5, 5.41) is 2.33. The van der Waals surface area contributed by atoms with Crippen molar-refractivity contribution >= 4 is 29.1 Å². The molecule has 0 unspecified atom stereocenters. The van der Waals surface area contributed by atoms with Gasteiger partial charge in [0, 0.05) is 5.69 Å². The molecule has 0 aliphatic heterocycles. The van der Waals surface area contributed by atoms with Crippen molar-refractivity contribution in [1.82, 2.24) is 0 Å². The van der Waals surface area contributed by atoms with Gasteiger partial charge in [0.25, 0.3) is 5.91 Å². The molecule has 3 N–H and O–H groups in total. The molecule has 0 aliphatic rings. The second-order valence-electron chi connectivity index (χ2n) is 4.56. The molecule has 0 atom stereocenters. The predicted molar refractivity (Wildman–Crippen MR) is 81.0 cm³/mol. The highest BCUT2D eigenvalue weighted by atomic mass is 35.5. The summed E-state index contributed by atoms with van der Waals surface area (Å²) in [6.07, 6.45) is -4.80. The Bertz CT molecular complexity index is 777. The van der Waals surface area contributed by atoms with Gasteiger partial charge < -0.3 is 15.8 Å². The fourth-order valence-electron chi connectivity index (χ4n) is 1.84. The normalized spacial score (nSPS) is 11.0. The molecule has 0 heterocycles. The van der Waals surface area contributed by atoms with E-state index in [0.29, 0.717) is 0 Å². The summed E-state index contributed by atoms with van der Waals surface area (Å²) < 4.78 is 40.0. The van der Waals surface area contributed by atoms with Crippen LogP contribution in [-0.4, -0.2) is 18.2 Å². The van der Waals surface area contributed by atoms with Crippen LogP contribution in [0, 0.1) is 0 Å². The van der Waals surface area contributed by atoms with Crippen molar-refractivity contribution in [2.24, 2.45) is 5.73 Å². The minimum absolute atomic E-state index is 0.00332. The van der Waals surface area contributed by atoms with E-state index in [0.717, 1.165) is 12.1 Å². The molecule has 24 heavy (non-hydrogen) atoms. The number of anilines is 1. The van der Waals surface area contributed by atoms with Crippen LogP contribution in [0.15, 0.2) is 42.5 Å². The molecule has 2 amide bonds. The molecule has 9 heteroatoms. The SMILES string of the molecule is NC(=O)c1cccc(C(=O)Nc2ccc(OC(F)(F)F)cc2)c1Cl.